The first-order valence-electron chi connectivity index (χ1n) is 9.80. The highest BCUT2D eigenvalue weighted by atomic mass is 16.5. The van der Waals surface area contributed by atoms with Crippen LogP contribution in [0.5, 0.6) is 17.2 Å². The molecular weight excluding hydrogens is 384 g/mol. The predicted octanol–water partition coefficient (Wildman–Crippen LogP) is 4.03. The Labute approximate surface area is 176 Å². The van der Waals surface area contributed by atoms with Crippen molar-refractivity contribution in [2.45, 2.75) is 19.3 Å². The van der Waals surface area contributed by atoms with Crippen molar-refractivity contribution >= 4 is 17.3 Å². The summed E-state index contributed by atoms with van der Waals surface area (Å²) in [6.07, 6.45) is 2.01. The van der Waals surface area contributed by atoms with Gasteiger partial charge in [0.2, 0.25) is 0 Å². The lowest BCUT2D eigenvalue weighted by Gasteiger charge is -2.30. The quantitative estimate of drug-likeness (QED) is 0.507. The number of ether oxygens (including phenoxy) is 4. The van der Waals surface area contributed by atoms with Gasteiger partial charge in [-0.15, -0.1) is 0 Å². The van der Waals surface area contributed by atoms with Gasteiger partial charge in [0.15, 0.2) is 17.3 Å². The van der Waals surface area contributed by atoms with Gasteiger partial charge in [0, 0.05) is 11.5 Å². The molecule has 0 saturated heterocycles. The Kier molecular flexibility index (Phi) is 6.77. The number of hydrogen-bond donors (Lipinski definition) is 0. The van der Waals surface area contributed by atoms with Crippen LogP contribution in [0, 0.1) is 5.92 Å². The average molecular weight is 410 g/mol. The van der Waals surface area contributed by atoms with Gasteiger partial charge in [-0.05, 0) is 48.8 Å². The zero-order valence-electron chi connectivity index (χ0n) is 17.6. The maximum atomic E-state index is 13.1. The third-order valence-electron chi connectivity index (χ3n) is 5.28. The zero-order chi connectivity index (χ0) is 21.7. The van der Waals surface area contributed by atoms with Crippen LogP contribution in [0.3, 0.4) is 0 Å². The number of methoxy groups -OCH3 is 3. The Hall–Kier alpha value is -3.28. The number of carbonyl (C=O) groups excluding carboxylic acids is 2. The molecule has 1 aliphatic rings. The minimum atomic E-state index is -0.944. The van der Waals surface area contributed by atoms with Gasteiger partial charge < -0.3 is 18.9 Å². The maximum absolute atomic E-state index is 13.1. The topological polar surface area (TPSA) is 71.1 Å². The van der Waals surface area contributed by atoms with Gasteiger partial charge in [-0.25, -0.2) is 0 Å². The van der Waals surface area contributed by atoms with E-state index in [9.17, 15) is 9.59 Å². The summed E-state index contributed by atoms with van der Waals surface area (Å²) in [5, 5.41) is 0. The van der Waals surface area contributed by atoms with Crippen molar-refractivity contribution in [2.75, 3.05) is 27.9 Å². The molecule has 2 aromatic rings. The van der Waals surface area contributed by atoms with Crippen LogP contribution in [0.15, 0.2) is 48.5 Å². The van der Waals surface area contributed by atoms with E-state index in [1.54, 1.807) is 40.4 Å². The van der Waals surface area contributed by atoms with Crippen molar-refractivity contribution in [3.63, 3.8) is 0 Å². The molecule has 2 atom stereocenters. The van der Waals surface area contributed by atoms with E-state index in [1.807, 2.05) is 36.4 Å². The van der Waals surface area contributed by atoms with Crippen molar-refractivity contribution in [1.29, 1.82) is 0 Å². The van der Waals surface area contributed by atoms with E-state index in [-0.39, 0.29) is 12.4 Å². The second kappa shape index (κ2) is 9.48. The van der Waals surface area contributed by atoms with Gasteiger partial charge in [0.05, 0.1) is 27.9 Å². The lowest BCUT2D eigenvalue weighted by molar-refractivity contribution is -0.151. The fourth-order valence-electron chi connectivity index (χ4n) is 3.90. The summed E-state index contributed by atoms with van der Waals surface area (Å²) in [4.78, 5) is 25.8. The summed E-state index contributed by atoms with van der Waals surface area (Å²) >= 11 is 0. The molecule has 3 rings (SSSR count). The summed E-state index contributed by atoms with van der Waals surface area (Å²) in [5.74, 6) is -0.454. The molecule has 158 valence electrons. The van der Waals surface area contributed by atoms with Crippen LogP contribution in [-0.4, -0.2) is 39.7 Å². The van der Waals surface area contributed by atoms with Crippen LogP contribution in [0.4, 0.5) is 0 Å². The molecule has 0 heterocycles. The van der Waals surface area contributed by atoms with Crippen LogP contribution in [0.2, 0.25) is 0 Å². The minimum absolute atomic E-state index is 0.205. The Morgan fingerprint density at radius 2 is 1.80 bits per heavy atom. The molecule has 0 radical (unpaired) electrons. The number of benzene rings is 2. The standard InChI is InChI=1S/C24H26O6/c1-5-30-24(26)22-19(18-10-7-11-21(28-3)23(18)29-4)13-16(14-20(22)25)15-8-6-9-17(12-15)27-2/h6-12,14,19,22H,5,13H2,1-4H3/t19-,22-/m1/s1. The Morgan fingerprint density at radius 3 is 2.47 bits per heavy atom. The molecule has 6 heteroatoms. The summed E-state index contributed by atoms with van der Waals surface area (Å²) in [7, 11) is 4.70. The molecule has 0 aromatic heterocycles. The van der Waals surface area contributed by atoms with Gasteiger partial charge in [-0.1, -0.05) is 24.3 Å². The number of rotatable bonds is 7. The fraction of sp³-hybridized carbons (Fsp3) is 0.333. The first-order chi connectivity index (χ1) is 14.5. The molecule has 0 N–H and O–H groups in total. The van der Waals surface area contributed by atoms with Gasteiger partial charge in [0.25, 0.3) is 0 Å². The SMILES string of the molecule is CCOC(=O)[C@H]1C(=O)C=C(c2cccc(OC)c2)C[C@@H]1c1cccc(OC)c1OC. The molecule has 1 aliphatic carbocycles. The van der Waals surface area contributed by atoms with Gasteiger partial charge >= 0.3 is 5.97 Å². The second-order valence-corrected chi connectivity index (χ2v) is 6.93. The number of hydrogen-bond acceptors (Lipinski definition) is 6. The van der Waals surface area contributed by atoms with Crippen molar-refractivity contribution in [3.05, 3.63) is 59.7 Å². The van der Waals surface area contributed by atoms with Crippen LogP contribution in [0.25, 0.3) is 5.57 Å². The van der Waals surface area contributed by atoms with Crippen LogP contribution in [0.1, 0.15) is 30.4 Å². The van der Waals surface area contributed by atoms with Crippen molar-refractivity contribution < 1.29 is 28.5 Å². The van der Waals surface area contributed by atoms with E-state index in [1.165, 1.54) is 0 Å². The lowest BCUT2D eigenvalue weighted by Crippen LogP contribution is -2.34. The summed E-state index contributed by atoms with van der Waals surface area (Å²) in [5.41, 5.74) is 2.43. The second-order valence-electron chi connectivity index (χ2n) is 6.93. The van der Waals surface area contributed by atoms with Crippen molar-refractivity contribution in [3.8, 4) is 17.2 Å². The van der Waals surface area contributed by atoms with E-state index in [0.29, 0.717) is 23.7 Å². The molecule has 0 aliphatic heterocycles. The lowest BCUT2D eigenvalue weighted by atomic mass is 9.73. The number of esters is 1. The van der Waals surface area contributed by atoms with Gasteiger partial charge in [-0.2, -0.15) is 0 Å². The predicted molar refractivity (Wildman–Crippen MR) is 113 cm³/mol. The van der Waals surface area contributed by atoms with E-state index >= 15 is 0 Å². The third kappa shape index (κ3) is 4.17. The van der Waals surface area contributed by atoms with Crippen LogP contribution < -0.4 is 14.2 Å². The van der Waals surface area contributed by atoms with E-state index in [0.717, 1.165) is 16.7 Å². The average Bonchev–Trinajstić information content (AvgIpc) is 2.77. The number of ketones is 1. The Bertz CT molecular complexity index is 962. The van der Waals surface area contributed by atoms with Crippen LogP contribution >= 0.6 is 0 Å². The molecule has 6 nitrogen and oxygen atoms in total. The largest absolute Gasteiger partial charge is 0.497 e. The van der Waals surface area contributed by atoms with E-state index in [2.05, 4.69) is 0 Å². The molecule has 2 aromatic carbocycles. The van der Waals surface area contributed by atoms with Gasteiger partial charge in [-0.3, -0.25) is 9.59 Å². The fourth-order valence-corrected chi connectivity index (χ4v) is 3.90. The Balaban J connectivity index is 2.11. The first kappa shape index (κ1) is 21.4. The Morgan fingerprint density at radius 1 is 1.03 bits per heavy atom. The monoisotopic (exact) mass is 410 g/mol. The minimum Gasteiger partial charge on any atom is -0.497 e. The van der Waals surface area contributed by atoms with Crippen molar-refractivity contribution in [2.24, 2.45) is 5.92 Å². The zero-order valence-corrected chi connectivity index (χ0v) is 17.6. The van der Waals surface area contributed by atoms with Crippen molar-refractivity contribution in [1.82, 2.24) is 0 Å². The highest BCUT2D eigenvalue weighted by molar-refractivity contribution is 6.10. The number of allylic oxidation sites excluding steroid dienone is 2. The smallest absolute Gasteiger partial charge is 0.317 e. The molecule has 30 heavy (non-hydrogen) atoms. The maximum Gasteiger partial charge on any atom is 0.317 e. The molecular formula is C24H26O6. The molecule has 0 amide bonds. The highest BCUT2D eigenvalue weighted by Crippen LogP contribution is 2.46. The summed E-state index contributed by atoms with van der Waals surface area (Å²) in [6, 6.07) is 13.0. The molecule has 0 fully saturated rings. The summed E-state index contributed by atoms with van der Waals surface area (Å²) in [6.45, 7) is 1.93. The third-order valence-corrected chi connectivity index (χ3v) is 5.28. The summed E-state index contributed by atoms with van der Waals surface area (Å²) < 4.78 is 21.6. The molecule has 0 bridgehead atoms. The van der Waals surface area contributed by atoms with Crippen LogP contribution in [-0.2, 0) is 14.3 Å². The first-order valence-corrected chi connectivity index (χ1v) is 9.80. The van der Waals surface area contributed by atoms with E-state index in [4.69, 9.17) is 18.9 Å². The molecule has 0 spiro atoms. The normalized spacial score (nSPS) is 18.4. The highest BCUT2D eigenvalue weighted by Gasteiger charge is 2.41. The number of para-hydroxylation sites is 1. The molecule has 0 unspecified atom stereocenters. The number of carbonyl (C=O) groups is 2. The van der Waals surface area contributed by atoms with E-state index < -0.39 is 17.8 Å². The molecule has 0 saturated carbocycles. The van der Waals surface area contributed by atoms with Gasteiger partial charge in [0.1, 0.15) is 11.7 Å².